The van der Waals surface area contributed by atoms with E-state index in [9.17, 15) is 4.79 Å². The molecule has 106 valence electrons. The van der Waals surface area contributed by atoms with Crippen LogP contribution in [0.1, 0.15) is 37.8 Å². The maximum absolute atomic E-state index is 11.3. The molecule has 1 atom stereocenters. The van der Waals surface area contributed by atoms with Gasteiger partial charge in [-0.3, -0.25) is 4.79 Å². The van der Waals surface area contributed by atoms with Crippen molar-refractivity contribution in [2.45, 2.75) is 33.6 Å². The lowest BCUT2D eigenvalue weighted by Crippen LogP contribution is -2.20. The third-order valence-electron chi connectivity index (χ3n) is 3.01. The van der Waals surface area contributed by atoms with E-state index < -0.39 is 0 Å². The van der Waals surface area contributed by atoms with Crippen LogP contribution in [0.2, 0.25) is 5.02 Å². The van der Waals surface area contributed by atoms with Crippen LogP contribution in [0.5, 0.6) is 5.75 Å². The Balaban J connectivity index is 2.88. The number of ether oxygens (including phenoxy) is 2. The molecule has 1 rings (SSSR count). The Bertz CT molecular complexity index is 455. The van der Waals surface area contributed by atoms with Crippen LogP contribution in [0.15, 0.2) is 12.1 Å². The standard InChI is InChI=1S/C15H21ClO3/c1-9(2)12-7-13(16)10(3)6-14(12)19-8-11(4)15(17)18-5/h6-7,9,11H,8H2,1-5H3. The fourth-order valence-corrected chi connectivity index (χ4v) is 1.90. The molecule has 0 spiro atoms. The van der Waals surface area contributed by atoms with E-state index in [-0.39, 0.29) is 11.9 Å². The molecule has 0 aromatic heterocycles. The summed E-state index contributed by atoms with van der Waals surface area (Å²) in [4.78, 5) is 11.3. The lowest BCUT2D eigenvalue weighted by Gasteiger charge is -2.17. The molecule has 0 saturated heterocycles. The Morgan fingerprint density at radius 3 is 2.47 bits per heavy atom. The van der Waals surface area contributed by atoms with E-state index in [1.165, 1.54) is 7.11 Å². The lowest BCUT2D eigenvalue weighted by molar-refractivity contribution is -0.145. The zero-order valence-electron chi connectivity index (χ0n) is 12.1. The van der Waals surface area contributed by atoms with Crippen molar-refractivity contribution in [1.82, 2.24) is 0 Å². The Morgan fingerprint density at radius 1 is 1.32 bits per heavy atom. The fraction of sp³-hybridized carbons (Fsp3) is 0.533. The molecule has 0 amide bonds. The minimum atomic E-state index is -0.291. The van der Waals surface area contributed by atoms with Gasteiger partial charge >= 0.3 is 5.97 Å². The average molecular weight is 285 g/mol. The highest BCUT2D eigenvalue weighted by Crippen LogP contribution is 2.32. The van der Waals surface area contributed by atoms with Crippen LogP contribution in [-0.4, -0.2) is 19.7 Å². The van der Waals surface area contributed by atoms with Gasteiger partial charge < -0.3 is 9.47 Å². The van der Waals surface area contributed by atoms with Crippen molar-refractivity contribution >= 4 is 17.6 Å². The van der Waals surface area contributed by atoms with Gasteiger partial charge in [0.2, 0.25) is 0 Å². The summed E-state index contributed by atoms with van der Waals surface area (Å²) in [7, 11) is 1.38. The molecule has 0 heterocycles. The number of esters is 1. The van der Waals surface area contributed by atoms with Crippen LogP contribution in [0.4, 0.5) is 0 Å². The number of hydrogen-bond donors (Lipinski definition) is 0. The van der Waals surface area contributed by atoms with Crippen molar-refractivity contribution in [2.24, 2.45) is 5.92 Å². The minimum absolute atomic E-state index is 0.267. The molecule has 0 bridgehead atoms. The summed E-state index contributed by atoms with van der Waals surface area (Å²) >= 11 is 6.14. The smallest absolute Gasteiger partial charge is 0.311 e. The number of rotatable bonds is 5. The van der Waals surface area contributed by atoms with E-state index in [0.717, 1.165) is 21.9 Å². The first-order chi connectivity index (χ1) is 8.86. The molecule has 0 fully saturated rings. The SMILES string of the molecule is COC(=O)C(C)COc1cc(C)c(Cl)cc1C(C)C. The summed E-state index contributed by atoms with van der Waals surface area (Å²) in [6.45, 7) is 8.18. The molecular weight excluding hydrogens is 264 g/mol. The molecule has 19 heavy (non-hydrogen) atoms. The fourth-order valence-electron chi connectivity index (χ4n) is 1.73. The van der Waals surface area contributed by atoms with E-state index >= 15 is 0 Å². The van der Waals surface area contributed by atoms with E-state index in [1.54, 1.807) is 6.92 Å². The van der Waals surface area contributed by atoms with Crippen LogP contribution in [0.3, 0.4) is 0 Å². The van der Waals surface area contributed by atoms with E-state index in [1.807, 2.05) is 19.1 Å². The van der Waals surface area contributed by atoms with Gasteiger partial charge in [-0.2, -0.15) is 0 Å². The molecule has 1 unspecified atom stereocenters. The third-order valence-corrected chi connectivity index (χ3v) is 3.41. The van der Waals surface area contributed by atoms with Gasteiger partial charge in [0, 0.05) is 5.02 Å². The van der Waals surface area contributed by atoms with Crippen LogP contribution in [-0.2, 0) is 9.53 Å². The Labute approximate surface area is 119 Å². The molecule has 0 aliphatic carbocycles. The minimum Gasteiger partial charge on any atom is -0.492 e. The average Bonchev–Trinajstić information content (AvgIpc) is 2.37. The molecule has 0 radical (unpaired) electrons. The van der Waals surface area contributed by atoms with Crippen LogP contribution >= 0.6 is 11.6 Å². The molecule has 1 aromatic carbocycles. The quantitative estimate of drug-likeness (QED) is 0.768. The molecule has 1 aromatic rings. The second-order valence-corrected chi connectivity index (χ2v) is 5.44. The zero-order chi connectivity index (χ0) is 14.6. The highest BCUT2D eigenvalue weighted by molar-refractivity contribution is 6.31. The highest BCUT2D eigenvalue weighted by Gasteiger charge is 2.16. The third kappa shape index (κ3) is 4.13. The number of benzene rings is 1. The van der Waals surface area contributed by atoms with Gasteiger partial charge in [-0.1, -0.05) is 25.4 Å². The molecule has 0 N–H and O–H groups in total. The van der Waals surface area contributed by atoms with Gasteiger partial charge in [-0.05, 0) is 43.0 Å². The van der Waals surface area contributed by atoms with Crippen molar-refractivity contribution < 1.29 is 14.3 Å². The maximum atomic E-state index is 11.3. The second kappa shape index (κ2) is 6.80. The van der Waals surface area contributed by atoms with Crippen molar-refractivity contribution in [3.8, 4) is 5.75 Å². The summed E-state index contributed by atoms with van der Waals surface area (Å²) in [5.74, 6) is 0.534. The van der Waals surface area contributed by atoms with Gasteiger partial charge in [0.1, 0.15) is 12.4 Å². The maximum Gasteiger partial charge on any atom is 0.311 e. The summed E-state index contributed by atoms with van der Waals surface area (Å²) in [6, 6.07) is 3.85. The predicted molar refractivity (Wildman–Crippen MR) is 77.0 cm³/mol. The van der Waals surface area contributed by atoms with Gasteiger partial charge in [0.05, 0.1) is 13.0 Å². The number of aryl methyl sites for hydroxylation is 1. The van der Waals surface area contributed by atoms with E-state index in [0.29, 0.717) is 12.5 Å². The zero-order valence-corrected chi connectivity index (χ0v) is 12.9. The first kappa shape index (κ1) is 15.8. The van der Waals surface area contributed by atoms with Crippen LogP contribution in [0, 0.1) is 12.8 Å². The summed E-state index contributed by atoms with van der Waals surface area (Å²) < 4.78 is 10.4. The Morgan fingerprint density at radius 2 is 1.95 bits per heavy atom. The monoisotopic (exact) mass is 284 g/mol. The van der Waals surface area contributed by atoms with E-state index in [4.69, 9.17) is 16.3 Å². The Kier molecular flexibility index (Phi) is 5.67. The summed E-state index contributed by atoms with van der Waals surface area (Å²) in [5.41, 5.74) is 2.01. The van der Waals surface area contributed by atoms with Gasteiger partial charge in [-0.25, -0.2) is 0 Å². The van der Waals surface area contributed by atoms with Crippen LogP contribution < -0.4 is 4.74 Å². The first-order valence-electron chi connectivity index (χ1n) is 6.37. The number of methoxy groups -OCH3 is 1. The molecule has 3 nitrogen and oxygen atoms in total. The Hall–Kier alpha value is -1.22. The first-order valence-corrected chi connectivity index (χ1v) is 6.75. The molecule has 4 heteroatoms. The number of hydrogen-bond acceptors (Lipinski definition) is 3. The van der Waals surface area contributed by atoms with Gasteiger partial charge in [0.25, 0.3) is 0 Å². The number of carbonyl (C=O) groups excluding carboxylic acids is 1. The summed E-state index contributed by atoms with van der Waals surface area (Å²) in [6.07, 6.45) is 0. The van der Waals surface area contributed by atoms with Crippen molar-refractivity contribution in [3.63, 3.8) is 0 Å². The normalized spacial score (nSPS) is 12.4. The second-order valence-electron chi connectivity index (χ2n) is 5.03. The highest BCUT2D eigenvalue weighted by atomic mass is 35.5. The molecule has 0 aliphatic heterocycles. The molecule has 0 saturated carbocycles. The number of halogens is 1. The van der Waals surface area contributed by atoms with Crippen molar-refractivity contribution in [3.05, 3.63) is 28.3 Å². The largest absolute Gasteiger partial charge is 0.492 e. The van der Waals surface area contributed by atoms with Gasteiger partial charge in [-0.15, -0.1) is 0 Å². The molecule has 0 aliphatic rings. The lowest BCUT2D eigenvalue weighted by atomic mass is 10.0. The molecular formula is C15H21ClO3. The van der Waals surface area contributed by atoms with Crippen LogP contribution in [0.25, 0.3) is 0 Å². The number of carbonyl (C=O) groups is 1. The van der Waals surface area contributed by atoms with E-state index in [2.05, 4.69) is 18.6 Å². The van der Waals surface area contributed by atoms with Crippen molar-refractivity contribution in [2.75, 3.05) is 13.7 Å². The van der Waals surface area contributed by atoms with Crippen molar-refractivity contribution in [1.29, 1.82) is 0 Å². The van der Waals surface area contributed by atoms with Gasteiger partial charge in [0.15, 0.2) is 0 Å². The topological polar surface area (TPSA) is 35.5 Å². The summed E-state index contributed by atoms with van der Waals surface area (Å²) in [5, 5.41) is 0.733. The predicted octanol–water partition coefficient (Wildman–Crippen LogP) is 3.96.